The Bertz CT molecular complexity index is 652. The molecule has 0 aromatic heterocycles. The highest BCUT2D eigenvalue weighted by atomic mass is 16.4. The van der Waals surface area contributed by atoms with Crippen LogP contribution in [-0.2, 0) is 19.2 Å². The summed E-state index contributed by atoms with van der Waals surface area (Å²) >= 11 is 0. The lowest BCUT2D eigenvalue weighted by molar-refractivity contribution is -0.139. The minimum atomic E-state index is -1.20. The number of amides is 3. The molecule has 0 aromatic rings. The molecular formula is C19H38N8O5. The van der Waals surface area contributed by atoms with E-state index in [1.165, 1.54) is 0 Å². The van der Waals surface area contributed by atoms with Gasteiger partial charge in [0.15, 0.2) is 5.96 Å². The molecule has 0 fully saturated rings. The molecule has 0 rings (SSSR count). The Morgan fingerprint density at radius 2 is 1.59 bits per heavy atom. The van der Waals surface area contributed by atoms with Crippen LogP contribution in [0.4, 0.5) is 0 Å². The number of rotatable bonds is 16. The van der Waals surface area contributed by atoms with E-state index in [-0.39, 0.29) is 11.9 Å². The second-order valence-electron chi connectivity index (χ2n) is 7.74. The first-order valence-electron chi connectivity index (χ1n) is 10.6. The van der Waals surface area contributed by atoms with Crippen LogP contribution in [0.2, 0.25) is 0 Å². The monoisotopic (exact) mass is 458 g/mol. The lowest BCUT2D eigenvalue weighted by atomic mass is 10.0. The molecule has 13 nitrogen and oxygen atoms in total. The van der Waals surface area contributed by atoms with Gasteiger partial charge in [0.25, 0.3) is 0 Å². The van der Waals surface area contributed by atoms with E-state index in [2.05, 4.69) is 20.9 Å². The van der Waals surface area contributed by atoms with Crippen LogP contribution in [0.15, 0.2) is 4.99 Å². The summed E-state index contributed by atoms with van der Waals surface area (Å²) < 4.78 is 0. The number of aliphatic carboxylic acids is 1. The van der Waals surface area contributed by atoms with Crippen molar-refractivity contribution in [1.82, 2.24) is 16.0 Å². The predicted octanol–water partition coefficient (Wildman–Crippen LogP) is -2.68. The molecule has 13 heteroatoms. The zero-order valence-corrected chi connectivity index (χ0v) is 18.8. The fourth-order valence-corrected chi connectivity index (χ4v) is 2.75. The van der Waals surface area contributed by atoms with E-state index in [0.29, 0.717) is 45.2 Å². The van der Waals surface area contributed by atoms with Crippen molar-refractivity contribution in [3.05, 3.63) is 0 Å². The van der Waals surface area contributed by atoms with E-state index < -0.39 is 48.4 Å². The van der Waals surface area contributed by atoms with Gasteiger partial charge in [-0.2, -0.15) is 0 Å². The van der Waals surface area contributed by atoms with Crippen LogP contribution in [0.25, 0.3) is 0 Å². The maximum absolute atomic E-state index is 12.8. The van der Waals surface area contributed by atoms with Gasteiger partial charge in [-0.05, 0) is 44.6 Å². The number of carbonyl (C=O) groups is 4. The first-order valence-corrected chi connectivity index (χ1v) is 10.6. The molecule has 184 valence electrons. The molecule has 0 saturated carbocycles. The maximum atomic E-state index is 12.8. The molecule has 0 spiro atoms. The molecule has 0 saturated heterocycles. The molecule has 0 radical (unpaired) electrons. The van der Waals surface area contributed by atoms with Gasteiger partial charge in [0.1, 0.15) is 18.6 Å². The van der Waals surface area contributed by atoms with Gasteiger partial charge >= 0.3 is 5.97 Å². The Labute approximate surface area is 188 Å². The van der Waals surface area contributed by atoms with E-state index in [1.54, 1.807) is 13.8 Å². The highest BCUT2D eigenvalue weighted by molar-refractivity contribution is 5.93. The topological polar surface area (TPSA) is 241 Å². The van der Waals surface area contributed by atoms with Gasteiger partial charge in [-0.15, -0.1) is 0 Å². The summed E-state index contributed by atoms with van der Waals surface area (Å²) in [7, 11) is 0. The van der Waals surface area contributed by atoms with E-state index in [0.717, 1.165) is 0 Å². The Balaban J connectivity index is 5.09. The van der Waals surface area contributed by atoms with Crippen LogP contribution in [0.3, 0.4) is 0 Å². The zero-order valence-electron chi connectivity index (χ0n) is 18.8. The normalized spacial score (nSPS) is 13.5. The van der Waals surface area contributed by atoms with Crippen LogP contribution in [0.1, 0.15) is 46.0 Å². The summed E-state index contributed by atoms with van der Waals surface area (Å²) in [4.78, 5) is 52.1. The second kappa shape index (κ2) is 15.8. The van der Waals surface area contributed by atoms with E-state index in [1.807, 2.05) is 0 Å². The van der Waals surface area contributed by atoms with Gasteiger partial charge in [0.2, 0.25) is 17.7 Å². The van der Waals surface area contributed by atoms with Gasteiger partial charge in [-0.3, -0.25) is 24.2 Å². The molecule has 0 aliphatic heterocycles. The molecule has 0 heterocycles. The highest BCUT2D eigenvalue weighted by Crippen LogP contribution is 2.07. The number of carboxylic acids is 1. The summed E-state index contributed by atoms with van der Waals surface area (Å²) in [5.74, 6) is -3.27. The van der Waals surface area contributed by atoms with Crippen molar-refractivity contribution in [2.24, 2.45) is 33.8 Å². The Morgan fingerprint density at radius 1 is 0.938 bits per heavy atom. The standard InChI is InChI=1S/C19H38N8O5/c1-11(2)15(18(32)25-10-14(28)29)27-17(31)13(7-3-4-8-20)26-16(30)12(21)6-5-9-24-19(22)23/h11-13,15H,3-10,20-21H2,1-2H3,(H,25,32)(H,26,30)(H,27,31)(H,28,29)(H4,22,23,24). The summed E-state index contributed by atoms with van der Waals surface area (Å²) in [5.41, 5.74) is 21.9. The SMILES string of the molecule is CC(C)C(NC(=O)C(CCCCN)NC(=O)C(N)CCCN=C(N)N)C(=O)NCC(=O)O. The summed E-state index contributed by atoms with van der Waals surface area (Å²) in [5, 5.41) is 16.2. The third-order valence-corrected chi connectivity index (χ3v) is 4.55. The van der Waals surface area contributed by atoms with Gasteiger partial charge in [0.05, 0.1) is 6.04 Å². The quantitative estimate of drug-likeness (QED) is 0.0681. The first-order chi connectivity index (χ1) is 15.0. The number of aliphatic imine (C=N–C) groups is 1. The Kier molecular flexibility index (Phi) is 14.4. The highest BCUT2D eigenvalue weighted by Gasteiger charge is 2.29. The van der Waals surface area contributed by atoms with Crippen molar-refractivity contribution in [2.45, 2.75) is 64.1 Å². The van der Waals surface area contributed by atoms with Crippen LogP contribution in [0.5, 0.6) is 0 Å². The lowest BCUT2D eigenvalue weighted by Gasteiger charge is -2.26. The van der Waals surface area contributed by atoms with E-state index in [4.69, 9.17) is 28.0 Å². The van der Waals surface area contributed by atoms with Gasteiger partial charge in [0, 0.05) is 6.54 Å². The molecule has 3 atom stereocenters. The van der Waals surface area contributed by atoms with Gasteiger partial charge in [-0.25, -0.2) is 0 Å². The van der Waals surface area contributed by atoms with Crippen molar-refractivity contribution < 1.29 is 24.3 Å². The third kappa shape index (κ3) is 12.7. The number of carboxylic acid groups (broad SMARTS) is 1. The number of unbranched alkanes of at least 4 members (excludes halogenated alkanes) is 1. The molecule has 3 amide bonds. The van der Waals surface area contributed by atoms with Crippen molar-refractivity contribution in [3.63, 3.8) is 0 Å². The molecule has 0 bridgehead atoms. The van der Waals surface area contributed by atoms with Crippen LogP contribution in [-0.4, -0.2) is 72.5 Å². The number of nitrogens with zero attached hydrogens (tertiary/aromatic N) is 1. The average Bonchev–Trinajstić information content (AvgIpc) is 2.71. The molecule has 0 aliphatic carbocycles. The average molecular weight is 459 g/mol. The Hall–Kier alpha value is -2.93. The Morgan fingerprint density at radius 3 is 2.12 bits per heavy atom. The van der Waals surface area contributed by atoms with Crippen LogP contribution in [0, 0.1) is 5.92 Å². The number of nitrogens with two attached hydrogens (primary N) is 4. The summed E-state index contributed by atoms with van der Waals surface area (Å²) in [6, 6.07) is -2.76. The number of hydrogen-bond donors (Lipinski definition) is 8. The predicted molar refractivity (Wildman–Crippen MR) is 120 cm³/mol. The lowest BCUT2D eigenvalue weighted by Crippen LogP contribution is -2.57. The minimum Gasteiger partial charge on any atom is -0.480 e. The van der Waals surface area contributed by atoms with E-state index >= 15 is 0 Å². The summed E-state index contributed by atoms with van der Waals surface area (Å²) in [6.45, 7) is 3.60. The smallest absolute Gasteiger partial charge is 0.322 e. The minimum absolute atomic E-state index is 0.0493. The van der Waals surface area contributed by atoms with E-state index in [9.17, 15) is 19.2 Å². The molecule has 32 heavy (non-hydrogen) atoms. The number of guanidine groups is 1. The van der Waals surface area contributed by atoms with Gasteiger partial charge in [-0.1, -0.05) is 13.8 Å². The molecular weight excluding hydrogens is 420 g/mol. The largest absolute Gasteiger partial charge is 0.480 e. The van der Waals surface area contributed by atoms with Crippen molar-refractivity contribution in [3.8, 4) is 0 Å². The van der Waals surface area contributed by atoms with Crippen molar-refractivity contribution in [2.75, 3.05) is 19.6 Å². The van der Waals surface area contributed by atoms with Gasteiger partial charge < -0.3 is 44.0 Å². The fourth-order valence-electron chi connectivity index (χ4n) is 2.75. The van der Waals surface area contributed by atoms with Crippen LogP contribution < -0.4 is 38.9 Å². The molecule has 0 aliphatic rings. The van der Waals surface area contributed by atoms with Crippen molar-refractivity contribution in [1.29, 1.82) is 0 Å². The third-order valence-electron chi connectivity index (χ3n) is 4.55. The molecule has 12 N–H and O–H groups in total. The maximum Gasteiger partial charge on any atom is 0.322 e. The molecule has 0 aromatic carbocycles. The zero-order chi connectivity index (χ0) is 24.7. The number of nitrogens with one attached hydrogen (secondary N) is 3. The van der Waals surface area contributed by atoms with Crippen molar-refractivity contribution >= 4 is 29.7 Å². The first kappa shape index (κ1) is 29.1. The summed E-state index contributed by atoms with van der Waals surface area (Å²) in [6.07, 6.45) is 2.32. The second-order valence-corrected chi connectivity index (χ2v) is 7.74. The van der Waals surface area contributed by atoms with Crippen LogP contribution >= 0.6 is 0 Å². The molecule has 3 unspecified atom stereocenters. The number of hydrogen-bond acceptors (Lipinski definition) is 7. The fraction of sp³-hybridized carbons (Fsp3) is 0.737. The number of carbonyl (C=O) groups excluding carboxylic acids is 3.